The van der Waals surface area contributed by atoms with Crippen LogP contribution < -0.4 is 10.5 Å². The fraction of sp³-hybridized carbons (Fsp3) is 0.571. The van der Waals surface area contributed by atoms with E-state index in [4.69, 9.17) is 10.5 Å². The number of benzene rings is 1. The Bertz CT molecular complexity index is 428. The summed E-state index contributed by atoms with van der Waals surface area (Å²) in [7, 11) is 1.44. The van der Waals surface area contributed by atoms with Gasteiger partial charge in [-0.25, -0.2) is 8.78 Å². The number of methoxy groups -OCH3 is 1. The Balaban J connectivity index is 2.56. The van der Waals surface area contributed by atoms with Crippen molar-refractivity contribution in [1.82, 2.24) is 0 Å². The summed E-state index contributed by atoms with van der Waals surface area (Å²) in [6.07, 6.45) is 3.97. The minimum Gasteiger partial charge on any atom is -0.493 e. The predicted molar refractivity (Wildman–Crippen MR) is 67.0 cm³/mol. The van der Waals surface area contributed by atoms with Crippen LogP contribution in [-0.2, 0) is 12.1 Å². The Kier molecular flexibility index (Phi) is 3.85. The van der Waals surface area contributed by atoms with Crippen LogP contribution in [-0.4, -0.2) is 13.7 Å². The van der Waals surface area contributed by atoms with Crippen LogP contribution in [0.5, 0.6) is 5.75 Å². The van der Waals surface area contributed by atoms with Crippen molar-refractivity contribution >= 4 is 0 Å². The Morgan fingerprint density at radius 2 is 2.00 bits per heavy atom. The molecule has 0 unspecified atom stereocenters. The molecule has 100 valence electrons. The van der Waals surface area contributed by atoms with Crippen LogP contribution >= 0.6 is 0 Å². The van der Waals surface area contributed by atoms with E-state index in [1.807, 2.05) is 0 Å². The number of hydrogen-bond acceptors (Lipinski definition) is 2. The smallest absolute Gasteiger partial charge is 0.165 e. The monoisotopic (exact) mass is 255 g/mol. The van der Waals surface area contributed by atoms with Gasteiger partial charge >= 0.3 is 0 Å². The SMILES string of the molecule is COc1c(F)cc(CF)cc1C1(CN)CCCC1. The molecule has 0 heterocycles. The number of nitrogens with two attached hydrogens (primary N) is 1. The summed E-state index contributed by atoms with van der Waals surface area (Å²) in [4.78, 5) is 0. The molecule has 2 N–H and O–H groups in total. The third-order valence-electron chi connectivity index (χ3n) is 3.98. The molecule has 4 heteroatoms. The largest absolute Gasteiger partial charge is 0.493 e. The van der Waals surface area contributed by atoms with E-state index in [1.165, 1.54) is 13.2 Å². The molecule has 0 amide bonds. The fourth-order valence-electron chi connectivity index (χ4n) is 2.96. The minimum atomic E-state index is -0.672. The molecule has 1 saturated carbocycles. The standard InChI is InChI=1S/C14H19F2NO/c1-18-13-11(6-10(8-15)7-12(13)16)14(9-17)4-2-3-5-14/h6-7H,2-5,8-9,17H2,1H3. The van der Waals surface area contributed by atoms with Crippen molar-refractivity contribution in [3.05, 3.63) is 29.1 Å². The molecule has 0 aromatic heterocycles. The van der Waals surface area contributed by atoms with E-state index in [9.17, 15) is 8.78 Å². The maximum atomic E-state index is 13.9. The Labute approximate surface area is 106 Å². The first kappa shape index (κ1) is 13.3. The van der Waals surface area contributed by atoms with Crippen molar-refractivity contribution in [1.29, 1.82) is 0 Å². The second-order valence-electron chi connectivity index (χ2n) is 4.98. The Hall–Kier alpha value is -1.16. The molecule has 1 aliphatic rings. The van der Waals surface area contributed by atoms with E-state index in [0.29, 0.717) is 12.1 Å². The number of rotatable bonds is 4. The lowest BCUT2D eigenvalue weighted by Crippen LogP contribution is -2.32. The van der Waals surface area contributed by atoms with Crippen LogP contribution in [0.15, 0.2) is 12.1 Å². The van der Waals surface area contributed by atoms with Crippen molar-refractivity contribution in [2.45, 2.75) is 37.8 Å². The van der Waals surface area contributed by atoms with Gasteiger partial charge in [0, 0.05) is 17.5 Å². The average molecular weight is 255 g/mol. The lowest BCUT2D eigenvalue weighted by Gasteiger charge is -2.30. The quantitative estimate of drug-likeness (QED) is 0.897. The zero-order valence-electron chi connectivity index (χ0n) is 10.6. The third-order valence-corrected chi connectivity index (χ3v) is 3.98. The Morgan fingerprint density at radius 1 is 1.33 bits per heavy atom. The van der Waals surface area contributed by atoms with Gasteiger partial charge in [-0.1, -0.05) is 12.8 Å². The molecule has 0 radical (unpaired) electrons. The molecule has 0 saturated heterocycles. The van der Waals surface area contributed by atoms with Crippen molar-refractivity contribution < 1.29 is 13.5 Å². The first-order valence-corrected chi connectivity index (χ1v) is 6.30. The normalized spacial score (nSPS) is 18.0. The van der Waals surface area contributed by atoms with Gasteiger partial charge in [-0.15, -0.1) is 0 Å². The van der Waals surface area contributed by atoms with Gasteiger partial charge in [0.15, 0.2) is 11.6 Å². The molecular weight excluding hydrogens is 236 g/mol. The molecule has 1 aliphatic carbocycles. The number of hydrogen-bond donors (Lipinski definition) is 1. The lowest BCUT2D eigenvalue weighted by atomic mass is 9.78. The molecular formula is C14H19F2NO. The van der Waals surface area contributed by atoms with Gasteiger partial charge < -0.3 is 10.5 Å². The highest BCUT2D eigenvalue weighted by Crippen LogP contribution is 2.45. The zero-order chi connectivity index (χ0) is 13.2. The van der Waals surface area contributed by atoms with E-state index >= 15 is 0 Å². The van der Waals surface area contributed by atoms with E-state index < -0.39 is 12.5 Å². The molecule has 0 spiro atoms. The van der Waals surface area contributed by atoms with Crippen LogP contribution in [0.1, 0.15) is 36.8 Å². The highest BCUT2D eigenvalue weighted by atomic mass is 19.1. The lowest BCUT2D eigenvalue weighted by molar-refractivity contribution is 0.354. The topological polar surface area (TPSA) is 35.2 Å². The zero-order valence-corrected chi connectivity index (χ0v) is 10.6. The predicted octanol–water partition coefficient (Wildman–Crippen LogP) is 3.07. The second kappa shape index (κ2) is 5.22. The van der Waals surface area contributed by atoms with Crippen LogP contribution in [0.3, 0.4) is 0 Å². The van der Waals surface area contributed by atoms with Crippen molar-refractivity contribution in [2.24, 2.45) is 5.73 Å². The minimum absolute atomic E-state index is 0.222. The number of ether oxygens (including phenoxy) is 1. The summed E-state index contributed by atoms with van der Waals surface area (Å²) in [6.45, 7) is -0.229. The first-order valence-electron chi connectivity index (χ1n) is 6.30. The van der Waals surface area contributed by atoms with E-state index in [-0.39, 0.29) is 11.2 Å². The molecule has 1 aromatic carbocycles. The van der Waals surface area contributed by atoms with E-state index in [2.05, 4.69) is 0 Å². The second-order valence-corrected chi connectivity index (χ2v) is 4.98. The molecule has 18 heavy (non-hydrogen) atoms. The molecule has 0 aliphatic heterocycles. The van der Waals surface area contributed by atoms with Gasteiger partial charge in [0.1, 0.15) is 6.67 Å². The fourth-order valence-corrected chi connectivity index (χ4v) is 2.96. The van der Waals surface area contributed by atoms with E-state index in [0.717, 1.165) is 31.2 Å². The van der Waals surface area contributed by atoms with E-state index in [1.54, 1.807) is 6.07 Å². The van der Waals surface area contributed by atoms with Gasteiger partial charge in [0.2, 0.25) is 0 Å². The highest BCUT2D eigenvalue weighted by Gasteiger charge is 2.37. The third kappa shape index (κ3) is 2.09. The number of halogens is 2. The molecule has 0 atom stereocenters. The van der Waals surface area contributed by atoms with Crippen molar-refractivity contribution in [2.75, 3.05) is 13.7 Å². The maximum absolute atomic E-state index is 13.9. The van der Waals surface area contributed by atoms with Crippen molar-refractivity contribution in [3.8, 4) is 5.75 Å². The average Bonchev–Trinajstić information content (AvgIpc) is 2.87. The summed E-state index contributed by atoms with van der Waals surface area (Å²) in [5.41, 5.74) is 6.73. The van der Waals surface area contributed by atoms with Gasteiger partial charge in [0.05, 0.1) is 7.11 Å². The molecule has 0 bridgehead atoms. The first-order chi connectivity index (χ1) is 8.66. The van der Waals surface area contributed by atoms with Crippen LogP contribution in [0, 0.1) is 5.82 Å². The summed E-state index contributed by atoms with van der Waals surface area (Å²) < 4.78 is 31.9. The van der Waals surface area contributed by atoms with Crippen molar-refractivity contribution in [3.63, 3.8) is 0 Å². The maximum Gasteiger partial charge on any atom is 0.165 e. The van der Waals surface area contributed by atoms with Crippen LogP contribution in [0.2, 0.25) is 0 Å². The molecule has 2 rings (SSSR count). The summed E-state index contributed by atoms with van der Waals surface area (Å²) in [6, 6.07) is 2.90. The highest BCUT2D eigenvalue weighted by molar-refractivity contribution is 5.44. The molecule has 1 fully saturated rings. The van der Waals surface area contributed by atoms with Crippen LogP contribution in [0.25, 0.3) is 0 Å². The van der Waals surface area contributed by atoms with Gasteiger partial charge in [0.25, 0.3) is 0 Å². The summed E-state index contributed by atoms with van der Waals surface area (Å²) >= 11 is 0. The summed E-state index contributed by atoms with van der Waals surface area (Å²) in [5, 5.41) is 0. The van der Waals surface area contributed by atoms with Crippen LogP contribution in [0.4, 0.5) is 8.78 Å². The molecule has 2 nitrogen and oxygen atoms in total. The van der Waals surface area contributed by atoms with Gasteiger partial charge in [-0.2, -0.15) is 0 Å². The Morgan fingerprint density at radius 3 is 2.50 bits per heavy atom. The summed E-state index contributed by atoms with van der Waals surface area (Å²) in [5.74, 6) is -0.276. The number of alkyl halides is 1. The molecule has 1 aromatic rings. The van der Waals surface area contributed by atoms with Gasteiger partial charge in [-0.3, -0.25) is 0 Å². The van der Waals surface area contributed by atoms with Gasteiger partial charge in [-0.05, 0) is 30.5 Å².